The van der Waals surface area contributed by atoms with Crippen LogP contribution in [0.25, 0.3) is 0 Å². The van der Waals surface area contributed by atoms with Crippen LogP contribution >= 0.6 is 11.6 Å². The summed E-state index contributed by atoms with van der Waals surface area (Å²) in [6.07, 6.45) is 5.09. The van der Waals surface area contributed by atoms with E-state index in [9.17, 15) is 18.0 Å². The van der Waals surface area contributed by atoms with Crippen molar-refractivity contribution < 1.29 is 18.0 Å². The molecule has 0 bridgehead atoms. The molecule has 35 heavy (non-hydrogen) atoms. The summed E-state index contributed by atoms with van der Waals surface area (Å²) in [7, 11) is -3.75. The van der Waals surface area contributed by atoms with Gasteiger partial charge in [0.05, 0.1) is 11.9 Å². The second-order valence-corrected chi connectivity index (χ2v) is 11.7. The summed E-state index contributed by atoms with van der Waals surface area (Å²) < 4.78 is 26.4. The zero-order valence-electron chi connectivity index (χ0n) is 20.8. The van der Waals surface area contributed by atoms with Crippen LogP contribution in [0.4, 0.5) is 5.69 Å². The minimum absolute atomic E-state index is 0.112. The van der Waals surface area contributed by atoms with E-state index >= 15 is 0 Å². The van der Waals surface area contributed by atoms with Crippen LogP contribution in [0, 0.1) is 13.8 Å². The number of hydrogen-bond acceptors (Lipinski definition) is 4. The van der Waals surface area contributed by atoms with Crippen molar-refractivity contribution in [1.29, 1.82) is 0 Å². The number of anilines is 1. The standard InChI is InChI=1S/C26H34ClN3O4S/c1-18-9-14-24(15-19(18)2)30(35(4,33)34)17-25(31)29(16-21-10-12-22(27)13-11-21)20(3)26(32)28-23-7-5-6-8-23/h9-15,20,23H,5-8,16-17H2,1-4H3,(H,28,32)/t20-/m0/s1. The molecule has 1 N–H and O–H groups in total. The maximum atomic E-state index is 13.6. The monoisotopic (exact) mass is 519 g/mol. The topological polar surface area (TPSA) is 86.8 Å². The van der Waals surface area contributed by atoms with Crippen LogP contribution in [0.1, 0.15) is 49.3 Å². The molecule has 1 aliphatic rings. The summed E-state index contributed by atoms with van der Waals surface area (Å²) in [5.74, 6) is -0.700. The lowest BCUT2D eigenvalue weighted by molar-refractivity contribution is -0.139. The van der Waals surface area contributed by atoms with Crippen LogP contribution in [0.15, 0.2) is 42.5 Å². The highest BCUT2D eigenvalue weighted by atomic mass is 35.5. The second kappa shape index (κ2) is 11.4. The molecule has 2 aromatic carbocycles. The van der Waals surface area contributed by atoms with E-state index in [4.69, 9.17) is 11.6 Å². The summed E-state index contributed by atoms with van der Waals surface area (Å²) in [6, 6.07) is 11.6. The van der Waals surface area contributed by atoms with Gasteiger partial charge in [-0.25, -0.2) is 8.42 Å². The first-order valence-corrected chi connectivity index (χ1v) is 14.1. The molecule has 0 radical (unpaired) electrons. The highest BCUT2D eigenvalue weighted by Crippen LogP contribution is 2.23. The molecular weight excluding hydrogens is 486 g/mol. The number of benzene rings is 2. The Bertz CT molecular complexity index is 1160. The number of rotatable bonds is 9. The molecule has 1 atom stereocenters. The number of sulfonamides is 1. The van der Waals surface area contributed by atoms with Crippen LogP contribution in [0.2, 0.25) is 5.02 Å². The second-order valence-electron chi connectivity index (χ2n) is 9.35. The van der Waals surface area contributed by atoms with Gasteiger partial charge in [0.25, 0.3) is 0 Å². The van der Waals surface area contributed by atoms with Gasteiger partial charge in [-0.3, -0.25) is 13.9 Å². The molecule has 1 saturated carbocycles. The van der Waals surface area contributed by atoms with E-state index in [1.165, 1.54) is 4.90 Å². The molecule has 0 saturated heterocycles. The van der Waals surface area contributed by atoms with Gasteiger partial charge in [0.2, 0.25) is 21.8 Å². The van der Waals surface area contributed by atoms with Crippen molar-refractivity contribution in [3.05, 3.63) is 64.2 Å². The Balaban J connectivity index is 1.88. The van der Waals surface area contributed by atoms with Gasteiger partial charge in [0, 0.05) is 17.6 Å². The predicted molar refractivity (Wildman–Crippen MR) is 140 cm³/mol. The van der Waals surface area contributed by atoms with E-state index in [2.05, 4.69) is 5.32 Å². The van der Waals surface area contributed by atoms with Gasteiger partial charge in [-0.1, -0.05) is 42.6 Å². The van der Waals surface area contributed by atoms with Gasteiger partial charge < -0.3 is 10.2 Å². The minimum atomic E-state index is -3.75. The van der Waals surface area contributed by atoms with E-state index in [-0.39, 0.29) is 18.5 Å². The zero-order valence-corrected chi connectivity index (χ0v) is 22.3. The molecule has 2 amide bonds. The van der Waals surface area contributed by atoms with E-state index in [0.717, 1.165) is 52.9 Å². The summed E-state index contributed by atoms with van der Waals surface area (Å²) >= 11 is 6.01. The Kier molecular flexibility index (Phi) is 8.83. The van der Waals surface area contributed by atoms with Crippen molar-refractivity contribution in [2.24, 2.45) is 0 Å². The predicted octanol–water partition coefficient (Wildman–Crippen LogP) is 4.20. The van der Waals surface area contributed by atoms with Crippen molar-refractivity contribution in [2.75, 3.05) is 17.1 Å². The highest BCUT2D eigenvalue weighted by Gasteiger charge is 2.31. The lowest BCUT2D eigenvalue weighted by Gasteiger charge is -2.32. The van der Waals surface area contributed by atoms with Gasteiger partial charge in [0.1, 0.15) is 12.6 Å². The Morgan fingerprint density at radius 3 is 2.26 bits per heavy atom. The van der Waals surface area contributed by atoms with Crippen LogP contribution in [-0.2, 0) is 26.2 Å². The van der Waals surface area contributed by atoms with Crippen LogP contribution in [0.3, 0.4) is 0 Å². The van der Waals surface area contributed by atoms with Crippen molar-refractivity contribution in [1.82, 2.24) is 10.2 Å². The molecule has 0 aromatic heterocycles. The molecule has 2 aromatic rings. The summed E-state index contributed by atoms with van der Waals surface area (Å²) in [5, 5.41) is 3.62. The molecule has 7 nitrogen and oxygen atoms in total. The van der Waals surface area contributed by atoms with Gasteiger partial charge in [0.15, 0.2) is 0 Å². The fourth-order valence-corrected chi connectivity index (χ4v) is 5.22. The summed E-state index contributed by atoms with van der Waals surface area (Å²) in [6.45, 7) is 5.26. The molecule has 0 unspecified atom stereocenters. The molecule has 3 rings (SSSR count). The molecule has 0 spiro atoms. The number of aryl methyl sites for hydroxylation is 2. The van der Waals surface area contributed by atoms with Crippen LogP contribution < -0.4 is 9.62 Å². The van der Waals surface area contributed by atoms with Gasteiger partial charge in [-0.2, -0.15) is 0 Å². The Labute approximate surface area is 213 Å². The number of nitrogens with zero attached hydrogens (tertiary/aromatic N) is 2. The SMILES string of the molecule is Cc1ccc(N(CC(=O)N(Cc2ccc(Cl)cc2)[C@@H](C)C(=O)NC2CCCC2)S(C)(=O)=O)cc1C. The fourth-order valence-electron chi connectivity index (χ4n) is 4.26. The van der Waals surface area contributed by atoms with Crippen molar-refractivity contribution in [3.8, 4) is 0 Å². The number of hydrogen-bond donors (Lipinski definition) is 1. The van der Waals surface area contributed by atoms with Gasteiger partial charge >= 0.3 is 0 Å². The van der Waals surface area contributed by atoms with Gasteiger partial charge in [-0.05, 0) is 74.6 Å². The van der Waals surface area contributed by atoms with Crippen LogP contribution in [-0.4, -0.2) is 50.0 Å². The van der Waals surface area contributed by atoms with Crippen molar-refractivity contribution in [3.63, 3.8) is 0 Å². The maximum absolute atomic E-state index is 13.6. The first kappa shape index (κ1) is 27.0. The first-order chi connectivity index (χ1) is 16.5. The summed E-state index contributed by atoms with van der Waals surface area (Å²) in [4.78, 5) is 28.1. The smallest absolute Gasteiger partial charge is 0.244 e. The third-order valence-electron chi connectivity index (χ3n) is 6.59. The number of amides is 2. The van der Waals surface area contributed by atoms with Crippen molar-refractivity contribution >= 4 is 39.1 Å². The quantitative estimate of drug-likeness (QED) is 0.538. The minimum Gasteiger partial charge on any atom is -0.352 e. The number of carbonyl (C=O) groups is 2. The molecule has 1 fully saturated rings. The Hall–Kier alpha value is -2.58. The van der Waals surface area contributed by atoms with E-state index in [0.29, 0.717) is 10.7 Å². The lowest BCUT2D eigenvalue weighted by Crippen LogP contribution is -2.52. The first-order valence-electron chi connectivity index (χ1n) is 11.8. The Morgan fingerprint density at radius 2 is 1.69 bits per heavy atom. The van der Waals surface area contributed by atoms with Crippen LogP contribution in [0.5, 0.6) is 0 Å². The van der Waals surface area contributed by atoms with E-state index in [1.54, 1.807) is 43.3 Å². The average molecular weight is 520 g/mol. The maximum Gasteiger partial charge on any atom is 0.244 e. The largest absolute Gasteiger partial charge is 0.352 e. The van der Waals surface area contributed by atoms with Gasteiger partial charge in [-0.15, -0.1) is 0 Å². The lowest BCUT2D eigenvalue weighted by atomic mass is 10.1. The summed E-state index contributed by atoms with van der Waals surface area (Å²) in [5.41, 5.74) is 3.15. The zero-order chi connectivity index (χ0) is 25.8. The number of nitrogens with one attached hydrogen (secondary N) is 1. The molecule has 0 aliphatic heterocycles. The molecule has 0 heterocycles. The number of carbonyl (C=O) groups excluding carboxylic acids is 2. The molecule has 9 heteroatoms. The van der Waals surface area contributed by atoms with E-state index < -0.39 is 28.5 Å². The molecular formula is C26H34ClN3O4S. The average Bonchev–Trinajstić information content (AvgIpc) is 3.30. The third-order valence-corrected chi connectivity index (χ3v) is 7.99. The Morgan fingerprint density at radius 1 is 1.06 bits per heavy atom. The van der Waals surface area contributed by atoms with Crippen molar-refractivity contribution in [2.45, 2.75) is 65.1 Å². The molecule has 190 valence electrons. The normalized spacial score (nSPS) is 15.0. The fraction of sp³-hybridized carbons (Fsp3) is 0.462. The molecule has 1 aliphatic carbocycles. The number of halogens is 1. The third kappa shape index (κ3) is 7.21. The highest BCUT2D eigenvalue weighted by molar-refractivity contribution is 7.92. The van der Waals surface area contributed by atoms with E-state index in [1.807, 2.05) is 19.9 Å².